The number of hydrogen-bond acceptors (Lipinski definition) is 4. The van der Waals surface area contributed by atoms with Crippen LogP contribution < -0.4 is 4.90 Å². The molecule has 1 N–H and O–H groups in total. The van der Waals surface area contributed by atoms with Crippen molar-refractivity contribution < 1.29 is 9.69 Å². The second kappa shape index (κ2) is 7.01. The van der Waals surface area contributed by atoms with Gasteiger partial charge in [-0.15, -0.1) is 11.3 Å². The van der Waals surface area contributed by atoms with E-state index in [1.807, 2.05) is 22.4 Å². The zero-order chi connectivity index (χ0) is 16.4. The molecule has 0 aliphatic carbocycles. The van der Waals surface area contributed by atoms with Crippen molar-refractivity contribution >= 4 is 38.8 Å². The van der Waals surface area contributed by atoms with Crippen LogP contribution in [0, 0.1) is 0 Å². The molecule has 0 radical (unpaired) electrons. The second-order valence-corrected chi connectivity index (χ2v) is 8.09. The van der Waals surface area contributed by atoms with Gasteiger partial charge in [0.1, 0.15) is 11.6 Å². The van der Waals surface area contributed by atoms with Gasteiger partial charge in [0, 0.05) is 0 Å². The first-order valence-electron chi connectivity index (χ1n) is 8.25. The van der Waals surface area contributed by atoms with Gasteiger partial charge in [-0.05, 0) is 34.5 Å². The van der Waals surface area contributed by atoms with Gasteiger partial charge in [0.05, 0.1) is 42.8 Å². The summed E-state index contributed by atoms with van der Waals surface area (Å²) < 4.78 is 1.26. The molecule has 2 aromatic heterocycles. The minimum atomic E-state index is 0.257. The van der Waals surface area contributed by atoms with Crippen molar-refractivity contribution in [3.63, 3.8) is 0 Å². The van der Waals surface area contributed by atoms with Crippen LogP contribution in [0.1, 0.15) is 10.6 Å². The molecular formula is C18H20N3OS2+. The summed E-state index contributed by atoms with van der Waals surface area (Å²) in [6.07, 6.45) is 0.538. The van der Waals surface area contributed by atoms with Gasteiger partial charge in [0.2, 0.25) is 5.91 Å². The lowest BCUT2D eigenvalue weighted by Crippen LogP contribution is -3.13. The van der Waals surface area contributed by atoms with Gasteiger partial charge in [-0.25, -0.2) is 4.98 Å². The van der Waals surface area contributed by atoms with Gasteiger partial charge < -0.3 is 9.80 Å². The lowest BCUT2D eigenvalue weighted by atomic mass is 10.2. The fourth-order valence-electron chi connectivity index (χ4n) is 3.14. The molecule has 4 rings (SSSR count). The van der Waals surface area contributed by atoms with E-state index < -0.39 is 0 Å². The molecule has 1 amide bonds. The molecule has 3 heterocycles. The monoisotopic (exact) mass is 358 g/mol. The number of carbonyl (C=O) groups is 1. The van der Waals surface area contributed by atoms with Crippen LogP contribution in [-0.2, 0) is 17.8 Å². The van der Waals surface area contributed by atoms with E-state index in [4.69, 9.17) is 4.98 Å². The van der Waals surface area contributed by atoms with Crippen LogP contribution in [0.5, 0.6) is 0 Å². The van der Waals surface area contributed by atoms with E-state index >= 15 is 0 Å². The number of para-hydroxylation sites is 1. The Labute approximate surface area is 149 Å². The number of benzene rings is 1. The predicted octanol–water partition coefficient (Wildman–Crippen LogP) is 1.83. The number of quaternary nitrogens is 1. The minimum Gasteiger partial charge on any atom is -0.331 e. The Kier molecular flexibility index (Phi) is 4.60. The first-order chi connectivity index (χ1) is 11.8. The van der Waals surface area contributed by atoms with Crippen LogP contribution in [0.25, 0.3) is 10.2 Å². The van der Waals surface area contributed by atoms with Crippen LogP contribution >= 0.6 is 22.7 Å². The largest absolute Gasteiger partial charge is 0.331 e. The normalized spacial score (nSPS) is 15.9. The van der Waals surface area contributed by atoms with Crippen molar-refractivity contribution in [2.75, 3.05) is 26.2 Å². The number of hydrogen-bond donors (Lipinski definition) is 1. The molecular weight excluding hydrogens is 338 g/mol. The van der Waals surface area contributed by atoms with Crippen LogP contribution in [0.3, 0.4) is 0 Å². The molecule has 4 nitrogen and oxygen atoms in total. The first-order valence-corrected chi connectivity index (χ1v) is 10.0. The fourth-order valence-corrected chi connectivity index (χ4v) is 4.85. The molecule has 1 aromatic carbocycles. The van der Waals surface area contributed by atoms with Crippen molar-refractivity contribution in [2.45, 2.75) is 13.0 Å². The number of thiazole rings is 1. The highest BCUT2D eigenvalue weighted by atomic mass is 32.1. The number of nitrogens with zero attached hydrogens (tertiary/aromatic N) is 2. The molecule has 1 saturated heterocycles. The number of piperazine rings is 1. The number of nitrogens with one attached hydrogen (secondary N) is 1. The third-order valence-electron chi connectivity index (χ3n) is 4.50. The van der Waals surface area contributed by atoms with Crippen molar-refractivity contribution in [3.05, 3.63) is 51.7 Å². The highest BCUT2D eigenvalue weighted by molar-refractivity contribution is 7.18. The van der Waals surface area contributed by atoms with Gasteiger partial charge in [-0.3, -0.25) is 4.79 Å². The third kappa shape index (κ3) is 3.50. The lowest BCUT2D eigenvalue weighted by molar-refractivity contribution is -0.917. The Hall–Kier alpha value is -1.76. The van der Waals surface area contributed by atoms with Gasteiger partial charge in [-0.2, -0.15) is 11.3 Å². The van der Waals surface area contributed by atoms with E-state index in [2.05, 4.69) is 23.6 Å². The summed E-state index contributed by atoms with van der Waals surface area (Å²) in [6, 6.07) is 10.3. The van der Waals surface area contributed by atoms with E-state index in [9.17, 15) is 4.79 Å². The average molecular weight is 359 g/mol. The number of thiophene rings is 1. The van der Waals surface area contributed by atoms with E-state index in [0.29, 0.717) is 6.42 Å². The lowest BCUT2D eigenvalue weighted by Gasteiger charge is -2.31. The van der Waals surface area contributed by atoms with Crippen LogP contribution in [0.4, 0.5) is 0 Å². The van der Waals surface area contributed by atoms with E-state index in [1.165, 1.54) is 14.6 Å². The predicted molar refractivity (Wildman–Crippen MR) is 98.6 cm³/mol. The highest BCUT2D eigenvalue weighted by Gasteiger charge is 2.24. The summed E-state index contributed by atoms with van der Waals surface area (Å²) >= 11 is 3.44. The molecule has 0 saturated carbocycles. The van der Waals surface area contributed by atoms with Crippen molar-refractivity contribution in [2.24, 2.45) is 0 Å². The number of carbonyl (C=O) groups excluding carboxylic acids is 1. The Morgan fingerprint density at radius 2 is 2.04 bits per heavy atom. The summed E-state index contributed by atoms with van der Waals surface area (Å²) in [5.41, 5.74) is 2.23. The van der Waals surface area contributed by atoms with E-state index in [0.717, 1.165) is 43.8 Å². The average Bonchev–Trinajstić information content (AvgIpc) is 3.24. The molecule has 3 aromatic rings. The summed E-state index contributed by atoms with van der Waals surface area (Å²) in [7, 11) is 0. The Morgan fingerprint density at radius 1 is 1.21 bits per heavy atom. The SMILES string of the molecule is O=C(Cc1ccsc1)N1CC[NH+](Cc2nc3ccccc3s2)CC1. The molecule has 0 bridgehead atoms. The maximum atomic E-state index is 12.4. The summed E-state index contributed by atoms with van der Waals surface area (Å²) in [4.78, 5) is 20.6. The number of rotatable bonds is 4. The molecule has 0 spiro atoms. The van der Waals surface area contributed by atoms with Crippen LogP contribution in [0.2, 0.25) is 0 Å². The second-order valence-electron chi connectivity index (χ2n) is 6.19. The maximum Gasteiger partial charge on any atom is 0.227 e. The summed E-state index contributed by atoms with van der Waals surface area (Å²) in [5.74, 6) is 0.257. The molecule has 0 unspecified atom stereocenters. The molecule has 124 valence electrons. The molecule has 1 aliphatic heterocycles. The number of aromatic nitrogens is 1. The quantitative estimate of drug-likeness (QED) is 0.773. The summed E-state index contributed by atoms with van der Waals surface area (Å²) in [6.45, 7) is 4.68. The zero-order valence-corrected chi connectivity index (χ0v) is 15.0. The number of fused-ring (bicyclic) bond motifs is 1. The van der Waals surface area contributed by atoms with Gasteiger partial charge in [0.15, 0.2) is 0 Å². The third-order valence-corrected chi connectivity index (χ3v) is 6.27. The minimum absolute atomic E-state index is 0.257. The first kappa shape index (κ1) is 15.7. The zero-order valence-electron chi connectivity index (χ0n) is 13.4. The van der Waals surface area contributed by atoms with Crippen LogP contribution in [-0.4, -0.2) is 42.0 Å². The van der Waals surface area contributed by atoms with Crippen molar-refractivity contribution in [3.8, 4) is 0 Å². The molecule has 0 atom stereocenters. The van der Waals surface area contributed by atoms with Crippen molar-refractivity contribution in [1.82, 2.24) is 9.88 Å². The molecule has 24 heavy (non-hydrogen) atoms. The van der Waals surface area contributed by atoms with Gasteiger partial charge in [-0.1, -0.05) is 12.1 Å². The standard InChI is InChI=1S/C18H19N3OS2/c22-18(11-14-5-10-23-13-14)21-8-6-20(7-9-21)12-17-19-15-3-1-2-4-16(15)24-17/h1-5,10,13H,6-9,11-12H2/p+1. The Bertz CT molecular complexity index is 787. The van der Waals surface area contributed by atoms with Gasteiger partial charge >= 0.3 is 0 Å². The van der Waals surface area contributed by atoms with E-state index in [1.54, 1.807) is 22.7 Å². The van der Waals surface area contributed by atoms with E-state index in [-0.39, 0.29) is 5.91 Å². The highest BCUT2D eigenvalue weighted by Crippen LogP contribution is 2.20. The topological polar surface area (TPSA) is 37.6 Å². The Balaban J connectivity index is 1.31. The van der Waals surface area contributed by atoms with Crippen molar-refractivity contribution in [1.29, 1.82) is 0 Å². The maximum absolute atomic E-state index is 12.4. The Morgan fingerprint density at radius 3 is 2.79 bits per heavy atom. The van der Waals surface area contributed by atoms with Crippen LogP contribution in [0.15, 0.2) is 41.1 Å². The molecule has 1 fully saturated rings. The summed E-state index contributed by atoms with van der Waals surface area (Å²) in [5, 5.41) is 5.29. The molecule has 1 aliphatic rings. The molecule has 6 heteroatoms. The number of amides is 1. The van der Waals surface area contributed by atoms with Gasteiger partial charge in [0.25, 0.3) is 0 Å². The smallest absolute Gasteiger partial charge is 0.227 e. The fraction of sp³-hybridized carbons (Fsp3) is 0.333.